The molecule has 0 N–H and O–H groups in total. The number of aromatic nitrogens is 3. The van der Waals surface area contributed by atoms with E-state index in [2.05, 4.69) is 77.6 Å². The molecule has 0 radical (unpaired) electrons. The summed E-state index contributed by atoms with van der Waals surface area (Å²) in [5, 5.41) is 4.46. The third-order valence-electron chi connectivity index (χ3n) is 5.75. The molecule has 0 saturated heterocycles. The molecule has 0 fully saturated rings. The number of aryl methyl sites for hydroxylation is 1. The van der Waals surface area contributed by atoms with Crippen LogP contribution in [0.1, 0.15) is 5.56 Å². The monoisotopic (exact) mass is 591 g/mol. The van der Waals surface area contributed by atoms with Crippen molar-refractivity contribution in [3.8, 4) is 22.5 Å². The van der Waals surface area contributed by atoms with Crippen LogP contribution in [-0.4, -0.2) is 15.0 Å². The molecule has 0 saturated carbocycles. The number of nitrogens with zero attached hydrogens (tertiary/aromatic N) is 3. The zero-order chi connectivity index (χ0) is 20.8. The molecule has 0 aliphatic carbocycles. The second-order valence-electron chi connectivity index (χ2n) is 7.72. The minimum Gasteiger partial charge on any atom is -0.295 e. The quantitative estimate of drug-likeness (QED) is 0.165. The summed E-state index contributed by atoms with van der Waals surface area (Å²) in [5.74, 6) is 0. The van der Waals surface area contributed by atoms with Gasteiger partial charge in [0.05, 0.1) is 11.0 Å². The summed E-state index contributed by atoms with van der Waals surface area (Å²) in [4.78, 5) is 14.3. The Balaban J connectivity index is 0.00000216. The molecule has 0 bridgehead atoms. The van der Waals surface area contributed by atoms with E-state index >= 15 is 0 Å². The molecule has 0 aliphatic rings. The summed E-state index contributed by atoms with van der Waals surface area (Å²) >= 11 is 0. The van der Waals surface area contributed by atoms with Gasteiger partial charge in [0.15, 0.2) is 0 Å². The molecular weight excluding hydrogens is 573 g/mol. The van der Waals surface area contributed by atoms with Crippen LogP contribution in [0.25, 0.3) is 55.1 Å². The molecule has 3 heterocycles. The summed E-state index contributed by atoms with van der Waals surface area (Å²) < 4.78 is 0. The predicted octanol–water partition coefficient (Wildman–Crippen LogP) is 6.77. The van der Waals surface area contributed by atoms with Gasteiger partial charge in [0.25, 0.3) is 0 Å². The summed E-state index contributed by atoms with van der Waals surface area (Å²) in [6, 6.07) is 30.5. The standard InChI is InChI=1S/C28H18N3.Pt/c1-18-5-3-15-29-26(18)23-7-2-6-22(17-23)24-14-13-21-12-10-19-9-11-20-8-4-16-30-27(20)25(19)28(21)31-24;/h2-16H,1H3;/q-1;. The van der Waals surface area contributed by atoms with Crippen molar-refractivity contribution in [1.82, 2.24) is 15.0 Å². The molecule has 32 heavy (non-hydrogen) atoms. The van der Waals surface area contributed by atoms with Crippen LogP contribution >= 0.6 is 0 Å². The van der Waals surface area contributed by atoms with Crippen LogP contribution in [0.5, 0.6) is 0 Å². The first-order valence-corrected chi connectivity index (χ1v) is 10.3. The summed E-state index contributed by atoms with van der Waals surface area (Å²) in [6.07, 6.45) is 3.66. The number of rotatable bonds is 2. The molecule has 156 valence electrons. The van der Waals surface area contributed by atoms with Crippen LogP contribution < -0.4 is 0 Å². The van der Waals surface area contributed by atoms with Crippen LogP contribution in [0, 0.1) is 13.0 Å². The Hall–Kier alpha value is -3.42. The van der Waals surface area contributed by atoms with E-state index in [1.807, 2.05) is 36.7 Å². The molecule has 3 nitrogen and oxygen atoms in total. The van der Waals surface area contributed by atoms with E-state index in [1.54, 1.807) is 0 Å². The topological polar surface area (TPSA) is 38.7 Å². The molecule has 3 aromatic heterocycles. The average molecular weight is 592 g/mol. The van der Waals surface area contributed by atoms with Crippen LogP contribution in [0.2, 0.25) is 0 Å². The van der Waals surface area contributed by atoms with Gasteiger partial charge < -0.3 is 0 Å². The van der Waals surface area contributed by atoms with Gasteiger partial charge in [-0.2, -0.15) is 0 Å². The number of pyridine rings is 3. The zero-order valence-electron chi connectivity index (χ0n) is 17.3. The van der Waals surface area contributed by atoms with Gasteiger partial charge in [0.1, 0.15) is 0 Å². The van der Waals surface area contributed by atoms with Gasteiger partial charge >= 0.3 is 0 Å². The maximum absolute atomic E-state index is 5.09. The first-order valence-electron chi connectivity index (χ1n) is 10.3. The number of fused-ring (bicyclic) bond motifs is 5. The van der Waals surface area contributed by atoms with Crippen molar-refractivity contribution < 1.29 is 21.1 Å². The van der Waals surface area contributed by atoms with Crippen LogP contribution in [0.3, 0.4) is 0 Å². The van der Waals surface area contributed by atoms with Crippen molar-refractivity contribution in [1.29, 1.82) is 0 Å². The molecule has 4 heteroatoms. The van der Waals surface area contributed by atoms with Crippen molar-refractivity contribution in [3.05, 3.63) is 103 Å². The maximum atomic E-state index is 5.09. The molecule has 3 aromatic carbocycles. The van der Waals surface area contributed by atoms with E-state index in [9.17, 15) is 0 Å². The normalized spacial score (nSPS) is 11.0. The van der Waals surface area contributed by atoms with Crippen LogP contribution in [-0.2, 0) is 21.1 Å². The third-order valence-corrected chi connectivity index (χ3v) is 5.75. The van der Waals surface area contributed by atoms with Crippen LogP contribution in [0.4, 0.5) is 0 Å². The fourth-order valence-corrected chi connectivity index (χ4v) is 4.21. The van der Waals surface area contributed by atoms with Crippen molar-refractivity contribution in [2.75, 3.05) is 0 Å². The van der Waals surface area contributed by atoms with Crippen molar-refractivity contribution >= 4 is 32.6 Å². The van der Waals surface area contributed by atoms with E-state index in [0.717, 1.165) is 60.7 Å². The first kappa shape index (κ1) is 20.5. The zero-order valence-corrected chi connectivity index (χ0v) is 19.6. The largest absolute Gasteiger partial charge is 0.295 e. The second-order valence-corrected chi connectivity index (χ2v) is 7.72. The van der Waals surface area contributed by atoms with Gasteiger partial charge in [-0.05, 0) is 29.8 Å². The Labute approximate surface area is 200 Å². The van der Waals surface area contributed by atoms with Crippen molar-refractivity contribution in [2.24, 2.45) is 0 Å². The molecule has 6 aromatic rings. The van der Waals surface area contributed by atoms with E-state index in [1.165, 1.54) is 0 Å². The predicted molar refractivity (Wildman–Crippen MR) is 127 cm³/mol. The summed E-state index contributed by atoms with van der Waals surface area (Å²) in [6.45, 7) is 2.07. The van der Waals surface area contributed by atoms with Gasteiger partial charge in [0, 0.05) is 55.6 Å². The molecule has 6 rings (SSSR count). The van der Waals surface area contributed by atoms with Crippen molar-refractivity contribution in [2.45, 2.75) is 6.92 Å². The fraction of sp³-hybridized carbons (Fsp3) is 0.0357. The Morgan fingerprint density at radius 3 is 2.16 bits per heavy atom. The van der Waals surface area contributed by atoms with Gasteiger partial charge in [-0.15, -0.1) is 24.3 Å². The van der Waals surface area contributed by atoms with Crippen molar-refractivity contribution in [3.63, 3.8) is 0 Å². The van der Waals surface area contributed by atoms with Gasteiger partial charge in [-0.25, -0.2) is 0 Å². The first-order chi connectivity index (χ1) is 15.3. The molecule has 0 amide bonds. The molecule has 0 aliphatic heterocycles. The van der Waals surface area contributed by atoms with E-state index in [0.29, 0.717) is 0 Å². The third kappa shape index (κ3) is 3.39. The average Bonchev–Trinajstić information content (AvgIpc) is 2.83. The SMILES string of the molecule is Cc1cccnc1-c1[c-]c(-c2ccc3ccc4ccc5cccnc5c4c3n2)ccc1.[Pt]. The molecule has 0 unspecified atom stereocenters. The van der Waals surface area contributed by atoms with Crippen LogP contribution in [0.15, 0.2) is 91.3 Å². The maximum Gasteiger partial charge on any atom is 0.0801 e. The van der Waals surface area contributed by atoms with E-state index < -0.39 is 0 Å². The Morgan fingerprint density at radius 1 is 0.625 bits per heavy atom. The summed E-state index contributed by atoms with van der Waals surface area (Å²) in [5.41, 5.74) is 6.85. The Kier molecular flexibility index (Phi) is 5.28. The Morgan fingerprint density at radius 2 is 1.31 bits per heavy atom. The number of benzene rings is 3. The Bertz CT molecular complexity index is 1600. The van der Waals surface area contributed by atoms with Gasteiger partial charge in [0.2, 0.25) is 0 Å². The second kappa shape index (κ2) is 8.26. The minimum atomic E-state index is 0. The minimum absolute atomic E-state index is 0. The molecular formula is C28H18N3Pt-. The number of hydrogen-bond acceptors (Lipinski definition) is 3. The summed E-state index contributed by atoms with van der Waals surface area (Å²) in [7, 11) is 0. The molecule has 0 spiro atoms. The molecule has 0 atom stereocenters. The van der Waals surface area contributed by atoms with E-state index in [4.69, 9.17) is 4.98 Å². The van der Waals surface area contributed by atoms with E-state index in [-0.39, 0.29) is 21.1 Å². The van der Waals surface area contributed by atoms with Gasteiger partial charge in [-0.3, -0.25) is 15.0 Å². The fourth-order valence-electron chi connectivity index (χ4n) is 4.21. The van der Waals surface area contributed by atoms with Gasteiger partial charge in [-0.1, -0.05) is 65.2 Å². The number of hydrogen-bond donors (Lipinski definition) is 0. The smallest absolute Gasteiger partial charge is 0.0801 e.